The van der Waals surface area contributed by atoms with Gasteiger partial charge in [-0.25, -0.2) is 4.68 Å². The van der Waals surface area contributed by atoms with E-state index in [1.807, 2.05) is 0 Å². The van der Waals surface area contributed by atoms with E-state index < -0.39 is 38.5 Å². The molecule has 5 N–H and O–H groups in total. The van der Waals surface area contributed by atoms with Crippen molar-refractivity contribution in [3.05, 3.63) is 11.5 Å². The zero-order valence-corrected chi connectivity index (χ0v) is 17.6. The number of aromatic nitrogens is 4. The normalized spacial score (nSPS) is 28.2. The van der Waals surface area contributed by atoms with Crippen LogP contribution in [0.15, 0.2) is 6.20 Å². The largest absolute Gasteiger partial charge is 0.387 e. The van der Waals surface area contributed by atoms with Crippen LogP contribution in [0.25, 0.3) is 11.0 Å². The van der Waals surface area contributed by atoms with Gasteiger partial charge < -0.3 is 34.8 Å². The van der Waals surface area contributed by atoms with E-state index in [-0.39, 0.29) is 17.9 Å². The van der Waals surface area contributed by atoms with Crippen molar-refractivity contribution in [3.63, 3.8) is 0 Å². The fourth-order valence-corrected chi connectivity index (χ4v) is 3.99. The number of nitrogens with one attached hydrogen (secondary N) is 1. The average molecular weight is 464 g/mol. The van der Waals surface area contributed by atoms with Crippen LogP contribution in [0.3, 0.4) is 0 Å². The van der Waals surface area contributed by atoms with Crippen LogP contribution in [-0.2, 0) is 14.0 Å². The monoisotopic (exact) mass is 463 g/mol. The Labute approximate surface area is 176 Å². The minimum Gasteiger partial charge on any atom is -0.387 e. The number of rotatable bonds is 8. The molecule has 1 saturated heterocycles. The van der Waals surface area contributed by atoms with Gasteiger partial charge in [-0.2, -0.15) is 15.1 Å². The lowest BCUT2D eigenvalue weighted by molar-refractivity contribution is -0.0658. The van der Waals surface area contributed by atoms with Crippen LogP contribution in [0.4, 0.5) is 5.82 Å². The molecule has 0 aromatic carbocycles. The van der Waals surface area contributed by atoms with E-state index in [0.717, 1.165) is 12.8 Å². The second-order valence-corrected chi connectivity index (χ2v) is 9.57. The average Bonchev–Trinajstić information content (AvgIpc) is 3.37. The predicted octanol–water partition coefficient (Wildman–Crippen LogP) is 0.461. The number of hydrogen-bond acceptors (Lipinski definition) is 9. The molecule has 12 nitrogen and oxygen atoms in total. The second kappa shape index (κ2) is 8.29. The van der Waals surface area contributed by atoms with Gasteiger partial charge in [0.25, 0.3) is 0 Å². The number of aliphatic hydroxyl groups excluding tert-OH is 2. The highest BCUT2D eigenvalue weighted by molar-refractivity contribution is 7.51. The van der Waals surface area contributed by atoms with Crippen LogP contribution in [0.1, 0.15) is 26.0 Å². The Bertz CT molecular complexity index is 967. The van der Waals surface area contributed by atoms with E-state index in [1.165, 1.54) is 10.9 Å². The summed E-state index contributed by atoms with van der Waals surface area (Å²) < 4.78 is 22.8. The summed E-state index contributed by atoms with van der Waals surface area (Å²) in [5.74, 6) is 1.10. The van der Waals surface area contributed by atoms with Crippen LogP contribution in [-0.4, -0.2) is 77.1 Å². The van der Waals surface area contributed by atoms with Crippen LogP contribution in [0.2, 0.25) is 5.28 Å². The molecule has 2 fully saturated rings. The Morgan fingerprint density at radius 3 is 2.77 bits per heavy atom. The molecule has 1 aliphatic heterocycles. The van der Waals surface area contributed by atoms with E-state index in [1.54, 1.807) is 0 Å². The summed E-state index contributed by atoms with van der Waals surface area (Å²) in [5, 5.41) is 28.8. The predicted molar refractivity (Wildman–Crippen MR) is 105 cm³/mol. The summed E-state index contributed by atoms with van der Waals surface area (Å²) in [4.78, 5) is 26.2. The summed E-state index contributed by atoms with van der Waals surface area (Å²) >= 11 is 6.09. The van der Waals surface area contributed by atoms with Gasteiger partial charge in [-0.05, 0) is 37.3 Å². The molecule has 2 aromatic rings. The summed E-state index contributed by atoms with van der Waals surface area (Å²) in [6, 6.07) is 0.202. The highest BCUT2D eigenvalue weighted by Crippen LogP contribution is 2.37. The molecule has 5 atom stereocenters. The first-order valence-electron chi connectivity index (χ1n) is 9.45. The summed E-state index contributed by atoms with van der Waals surface area (Å²) in [6.45, 7) is 1.74. The van der Waals surface area contributed by atoms with Gasteiger partial charge in [0.05, 0.1) is 18.2 Å². The number of fused-ring (bicyclic) bond motifs is 1. The van der Waals surface area contributed by atoms with Crippen molar-refractivity contribution in [2.24, 2.45) is 5.92 Å². The highest BCUT2D eigenvalue weighted by atomic mass is 35.5. The van der Waals surface area contributed by atoms with E-state index in [4.69, 9.17) is 30.9 Å². The SMILES string of the molecule is C[C@@H](Nc1nc(Cl)nc2c1cnn2[C@@H]1O[C@H](COCP(=O)(O)O)[C@@H](O)[C@H]1O)C1CC1. The molecule has 166 valence electrons. The van der Waals surface area contributed by atoms with Crippen molar-refractivity contribution >= 4 is 36.0 Å². The number of halogens is 1. The van der Waals surface area contributed by atoms with E-state index >= 15 is 0 Å². The van der Waals surface area contributed by atoms with Gasteiger partial charge in [0.1, 0.15) is 30.5 Å². The number of nitrogens with zero attached hydrogens (tertiary/aromatic N) is 4. The fourth-order valence-electron chi connectivity index (χ4n) is 3.48. The van der Waals surface area contributed by atoms with Crippen LogP contribution >= 0.6 is 19.2 Å². The lowest BCUT2D eigenvalue weighted by atomic mass is 10.1. The van der Waals surface area contributed by atoms with Crippen molar-refractivity contribution in [1.29, 1.82) is 0 Å². The number of hydrogen-bond donors (Lipinski definition) is 5. The summed E-state index contributed by atoms with van der Waals surface area (Å²) in [7, 11) is -4.36. The standard InChI is InChI=1S/C16H23ClN5O7P/c1-7(8-2-3-8)19-13-9-4-18-22(14(9)21-16(17)20-13)15-12(24)11(23)10(29-15)5-28-6-30(25,26)27/h4,7-8,10-12,15,23-24H,2-3,5-6H2,1H3,(H,19,20,21)(H2,25,26,27)/t7-,10-,11-,12-,15-/m1/s1. The van der Waals surface area contributed by atoms with E-state index in [9.17, 15) is 14.8 Å². The van der Waals surface area contributed by atoms with Gasteiger partial charge in [-0.3, -0.25) is 4.57 Å². The zero-order chi connectivity index (χ0) is 21.6. The Kier molecular flexibility index (Phi) is 6.03. The molecule has 0 amide bonds. The molecule has 14 heteroatoms. The molecule has 0 radical (unpaired) electrons. The van der Waals surface area contributed by atoms with Crippen molar-refractivity contribution < 1.29 is 34.0 Å². The maximum atomic E-state index is 10.9. The Morgan fingerprint density at radius 2 is 2.10 bits per heavy atom. The molecule has 30 heavy (non-hydrogen) atoms. The topological polar surface area (TPSA) is 172 Å². The number of anilines is 1. The maximum Gasteiger partial charge on any atom is 0.350 e. The third-order valence-electron chi connectivity index (χ3n) is 5.24. The molecule has 3 heterocycles. The number of aliphatic hydroxyl groups is 2. The second-order valence-electron chi connectivity index (χ2n) is 7.65. The van der Waals surface area contributed by atoms with Crippen molar-refractivity contribution in [1.82, 2.24) is 19.7 Å². The minimum absolute atomic E-state index is 0.00990. The molecule has 1 saturated carbocycles. The Hall–Kier alpha value is -1.37. The molecule has 2 aliphatic rings. The van der Waals surface area contributed by atoms with E-state index in [2.05, 4.69) is 27.3 Å². The first kappa shape index (κ1) is 21.8. The van der Waals surface area contributed by atoms with Gasteiger partial charge in [-0.1, -0.05) is 0 Å². The lowest BCUT2D eigenvalue weighted by Gasteiger charge is -2.17. The Balaban J connectivity index is 1.55. The van der Waals surface area contributed by atoms with Gasteiger partial charge >= 0.3 is 7.60 Å². The number of ether oxygens (including phenoxy) is 2. The smallest absolute Gasteiger partial charge is 0.350 e. The molecule has 0 unspecified atom stereocenters. The van der Waals surface area contributed by atoms with Gasteiger partial charge in [0.2, 0.25) is 5.28 Å². The minimum atomic E-state index is -4.36. The highest BCUT2D eigenvalue weighted by Gasteiger charge is 2.45. The van der Waals surface area contributed by atoms with Crippen molar-refractivity contribution in [3.8, 4) is 0 Å². The molecular weight excluding hydrogens is 441 g/mol. The first-order chi connectivity index (χ1) is 14.1. The molecular formula is C16H23ClN5O7P. The quantitative estimate of drug-likeness (QED) is 0.272. The molecule has 0 spiro atoms. The third kappa shape index (κ3) is 4.61. The molecule has 1 aliphatic carbocycles. The van der Waals surface area contributed by atoms with Gasteiger partial charge in [-0.15, -0.1) is 0 Å². The maximum absolute atomic E-state index is 10.9. The first-order valence-corrected chi connectivity index (χ1v) is 11.6. The van der Waals surface area contributed by atoms with Gasteiger partial charge in [0, 0.05) is 6.04 Å². The molecule has 2 aromatic heterocycles. The molecule has 4 rings (SSSR count). The fraction of sp³-hybridized carbons (Fsp3) is 0.688. The Morgan fingerprint density at radius 1 is 1.37 bits per heavy atom. The summed E-state index contributed by atoms with van der Waals surface area (Å²) in [6.07, 6.45) is -1.82. The van der Waals surface area contributed by atoms with E-state index in [0.29, 0.717) is 22.8 Å². The lowest BCUT2D eigenvalue weighted by Crippen LogP contribution is -2.34. The van der Waals surface area contributed by atoms with Crippen molar-refractivity contribution in [2.75, 3.05) is 18.3 Å². The van der Waals surface area contributed by atoms with Crippen LogP contribution in [0, 0.1) is 5.92 Å². The molecule has 0 bridgehead atoms. The summed E-state index contributed by atoms with van der Waals surface area (Å²) in [5.41, 5.74) is 0.313. The van der Waals surface area contributed by atoms with Crippen LogP contribution in [0.5, 0.6) is 0 Å². The van der Waals surface area contributed by atoms with Crippen LogP contribution < -0.4 is 5.32 Å². The third-order valence-corrected chi connectivity index (χ3v) is 5.93. The zero-order valence-electron chi connectivity index (χ0n) is 16.0. The van der Waals surface area contributed by atoms with Gasteiger partial charge in [0.15, 0.2) is 11.9 Å². The van der Waals surface area contributed by atoms with Crippen molar-refractivity contribution in [2.45, 2.75) is 50.3 Å².